The lowest BCUT2D eigenvalue weighted by Crippen LogP contribution is -2.34. The van der Waals surface area contributed by atoms with Crippen molar-refractivity contribution in [3.8, 4) is 0 Å². The first-order valence-electron chi connectivity index (χ1n) is 3.78. The highest BCUT2D eigenvalue weighted by Crippen LogP contribution is 2.50. The Bertz CT molecular complexity index is 298. The van der Waals surface area contributed by atoms with Crippen LogP contribution in [0, 0.1) is 5.41 Å². The number of hydrogen-bond acceptors (Lipinski definition) is 3. The van der Waals surface area contributed by atoms with E-state index in [9.17, 15) is 13.2 Å². The largest absolute Gasteiger partial charge is 0.299 e. The van der Waals surface area contributed by atoms with Crippen molar-refractivity contribution < 1.29 is 13.2 Å². The van der Waals surface area contributed by atoms with Crippen molar-refractivity contribution in [2.75, 3.05) is 11.5 Å². The second-order valence-electron chi connectivity index (χ2n) is 3.55. The number of carbonyl (C=O) groups excluding carboxylic acids is 1. The third-order valence-corrected chi connectivity index (χ3v) is 4.40. The van der Waals surface area contributed by atoms with Crippen LogP contribution in [-0.2, 0) is 14.6 Å². The molecule has 1 saturated carbocycles. The molecule has 0 amide bonds. The SMILES string of the molecule is O=C1CCS(=O)(=O)CC12CC2. The Kier molecular flexibility index (Phi) is 1.23. The smallest absolute Gasteiger partial charge is 0.151 e. The summed E-state index contributed by atoms with van der Waals surface area (Å²) in [5.41, 5.74) is -0.406. The van der Waals surface area contributed by atoms with E-state index in [0.29, 0.717) is 0 Å². The Balaban J connectivity index is 2.29. The minimum absolute atomic E-state index is 0.0770. The summed E-state index contributed by atoms with van der Waals surface area (Å²) in [6.07, 6.45) is 1.85. The number of Topliss-reactive ketones (excluding diaryl/α,β-unsaturated/α-hetero) is 1. The summed E-state index contributed by atoms with van der Waals surface area (Å²) in [4.78, 5) is 11.2. The van der Waals surface area contributed by atoms with Gasteiger partial charge in [-0.05, 0) is 12.8 Å². The maximum atomic E-state index is 11.2. The van der Waals surface area contributed by atoms with E-state index in [2.05, 4.69) is 0 Å². The number of ketones is 1. The van der Waals surface area contributed by atoms with Crippen molar-refractivity contribution in [1.82, 2.24) is 0 Å². The molecule has 2 aliphatic rings. The lowest BCUT2D eigenvalue weighted by molar-refractivity contribution is -0.123. The first-order valence-corrected chi connectivity index (χ1v) is 5.60. The van der Waals surface area contributed by atoms with Gasteiger partial charge in [-0.3, -0.25) is 4.79 Å². The maximum absolute atomic E-state index is 11.2. The van der Waals surface area contributed by atoms with Crippen molar-refractivity contribution in [3.63, 3.8) is 0 Å². The monoisotopic (exact) mass is 174 g/mol. The average molecular weight is 174 g/mol. The summed E-state index contributed by atoms with van der Waals surface area (Å²) >= 11 is 0. The molecule has 2 fully saturated rings. The van der Waals surface area contributed by atoms with Gasteiger partial charge in [0.2, 0.25) is 0 Å². The molecule has 0 aromatic heterocycles. The molecular weight excluding hydrogens is 164 g/mol. The zero-order valence-electron chi connectivity index (χ0n) is 6.17. The predicted octanol–water partition coefficient (Wildman–Crippen LogP) is 0.154. The fourth-order valence-corrected chi connectivity index (χ4v) is 3.59. The fraction of sp³-hybridized carbons (Fsp3) is 0.857. The summed E-state index contributed by atoms with van der Waals surface area (Å²) in [5, 5.41) is 0. The van der Waals surface area contributed by atoms with Gasteiger partial charge in [0, 0.05) is 11.8 Å². The van der Waals surface area contributed by atoms with Gasteiger partial charge in [0.15, 0.2) is 9.84 Å². The first-order chi connectivity index (χ1) is 5.04. The topological polar surface area (TPSA) is 51.2 Å². The fourth-order valence-electron chi connectivity index (χ4n) is 1.66. The Morgan fingerprint density at radius 3 is 2.36 bits per heavy atom. The van der Waals surface area contributed by atoms with Gasteiger partial charge in [-0.1, -0.05) is 0 Å². The van der Waals surface area contributed by atoms with Crippen molar-refractivity contribution in [2.45, 2.75) is 19.3 Å². The highest BCUT2D eigenvalue weighted by Gasteiger charge is 2.54. The van der Waals surface area contributed by atoms with E-state index in [1.807, 2.05) is 0 Å². The van der Waals surface area contributed by atoms with Gasteiger partial charge >= 0.3 is 0 Å². The van der Waals surface area contributed by atoms with Crippen LogP contribution < -0.4 is 0 Å². The maximum Gasteiger partial charge on any atom is 0.151 e. The molecule has 0 unspecified atom stereocenters. The van der Waals surface area contributed by atoms with E-state index in [1.165, 1.54) is 0 Å². The normalized spacial score (nSPS) is 32.2. The van der Waals surface area contributed by atoms with Gasteiger partial charge in [-0.25, -0.2) is 8.42 Å². The van der Waals surface area contributed by atoms with Crippen molar-refractivity contribution in [3.05, 3.63) is 0 Å². The molecular formula is C7H10O3S. The molecule has 0 N–H and O–H groups in total. The van der Waals surface area contributed by atoms with E-state index in [1.54, 1.807) is 0 Å². The van der Waals surface area contributed by atoms with Gasteiger partial charge in [0.05, 0.1) is 11.5 Å². The van der Waals surface area contributed by atoms with E-state index in [4.69, 9.17) is 0 Å². The highest BCUT2D eigenvalue weighted by molar-refractivity contribution is 7.91. The summed E-state index contributed by atoms with van der Waals surface area (Å²) in [6.45, 7) is 0. The first kappa shape index (κ1) is 7.28. The van der Waals surface area contributed by atoms with Gasteiger partial charge < -0.3 is 0 Å². The molecule has 0 bridgehead atoms. The van der Waals surface area contributed by atoms with Crippen LogP contribution in [0.2, 0.25) is 0 Å². The minimum Gasteiger partial charge on any atom is -0.299 e. The van der Waals surface area contributed by atoms with E-state index in [0.717, 1.165) is 12.8 Å². The van der Waals surface area contributed by atoms with Crippen LogP contribution >= 0.6 is 0 Å². The Morgan fingerprint density at radius 2 is 1.91 bits per heavy atom. The highest BCUT2D eigenvalue weighted by atomic mass is 32.2. The molecule has 0 radical (unpaired) electrons. The van der Waals surface area contributed by atoms with E-state index >= 15 is 0 Å². The second-order valence-corrected chi connectivity index (χ2v) is 5.73. The van der Waals surface area contributed by atoms with Crippen LogP contribution in [0.4, 0.5) is 0 Å². The predicted molar refractivity (Wildman–Crippen MR) is 39.9 cm³/mol. The standard InChI is InChI=1S/C7H10O3S/c8-6-1-4-11(9,10)5-7(6)2-3-7/h1-5H2. The van der Waals surface area contributed by atoms with Crippen LogP contribution in [-0.4, -0.2) is 25.7 Å². The summed E-state index contributed by atoms with van der Waals surface area (Å²) < 4.78 is 22.2. The number of sulfone groups is 1. The molecule has 3 nitrogen and oxygen atoms in total. The Labute approximate surface area is 65.7 Å². The number of carbonyl (C=O) groups is 1. The Hall–Kier alpha value is -0.380. The van der Waals surface area contributed by atoms with E-state index in [-0.39, 0.29) is 23.7 Å². The summed E-state index contributed by atoms with van der Waals surface area (Å²) in [5.74, 6) is 0.374. The molecule has 11 heavy (non-hydrogen) atoms. The number of hydrogen-bond donors (Lipinski definition) is 0. The molecule has 1 saturated heterocycles. The third kappa shape index (κ3) is 1.09. The van der Waals surface area contributed by atoms with Crippen LogP contribution in [0.5, 0.6) is 0 Å². The molecule has 1 heterocycles. The van der Waals surface area contributed by atoms with Crippen LogP contribution in [0.3, 0.4) is 0 Å². The van der Waals surface area contributed by atoms with Crippen LogP contribution in [0.15, 0.2) is 0 Å². The van der Waals surface area contributed by atoms with Gasteiger partial charge in [0.25, 0.3) is 0 Å². The summed E-state index contributed by atoms with van der Waals surface area (Å²) in [6, 6.07) is 0. The van der Waals surface area contributed by atoms with Crippen molar-refractivity contribution in [2.24, 2.45) is 5.41 Å². The Morgan fingerprint density at radius 1 is 1.27 bits per heavy atom. The third-order valence-electron chi connectivity index (χ3n) is 2.58. The molecule has 0 aromatic rings. The zero-order valence-corrected chi connectivity index (χ0v) is 6.99. The van der Waals surface area contributed by atoms with Crippen molar-refractivity contribution in [1.29, 1.82) is 0 Å². The molecule has 1 aliphatic carbocycles. The van der Waals surface area contributed by atoms with E-state index < -0.39 is 15.3 Å². The lowest BCUT2D eigenvalue weighted by Gasteiger charge is -2.19. The molecule has 1 spiro atoms. The van der Waals surface area contributed by atoms with Gasteiger partial charge in [-0.15, -0.1) is 0 Å². The average Bonchev–Trinajstić information content (AvgIpc) is 2.61. The molecule has 62 valence electrons. The zero-order chi connectivity index (χ0) is 8.11. The van der Waals surface area contributed by atoms with Crippen LogP contribution in [0.25, 0.3) is 0 Å². The molecule has 2 rings (SSSR count). The molecule has 0 aromatic carbocycles. The van der Waals surface area contributed by atoms with Crippen molar-refractivity contribution >= 4 is 15.6 Å². The lowest BCUT2D eigenvalue weighted by atomic mass is 10.0. The molecule has 4 heteroatoms. The summed E-state index contributed by atoms with van der Waals surface area (Å²) in [7, 11) is -2.88. The van der Waals surface area contributed by atoms with Gasteiger partial charge in [-0.2, -0.15) is 0 Å². The second kappa shape index (κ2) is 1.86. The minimum atomic E-state index is -2.88. The molecule has 1 aliphatic heterocycles. The molecule has 0 atom stereocenters. The van der Waals surface area contributed by atoms with Crippen LogP contribution in [0.1, 0.15) is 19.3 Å². The number of rotatable bonds is 0. The quantitative estimate of drug-likeness (QED) is 0.525. The van der Waals surface area contributed by atoms with Gasteiger partial charge in [0.1, 0.15) is 5.78 Å².